The fourth-order valence-electron chi connectivity index (χ4n) is 3.22. The molecule has 2 amide bonds. The molecule has 7 heteroatoms. The molecule has 0 atom stereocenters. The van der Waals surface area contributed by atoms with Gasteiger partial charge in [0.05, 0.1) is 0 Å². The minimum Gasteiger partial charge on any atom is -0.349 e. The molecule has 0 spiro atoms. The molecular formula is C22H28N4O3. The molecule has 1 heterocycles. The minimum absolute atomic E-state index is 0.0190. The zero-order valence-corrected chi connectivity index (χ0v) is 17.1. The topological polar surface area (TPSA) is 88.3 Å². The molecule has 1 N–H and O–H groups in total. The molecule has 2 aromatic rings. The third-order valence-corrected chi connectivity index (χ3v) is 5.34. The van der Waals surface area contributed by atoms with Gasteiger partial charge in [-0.3, -0.25) is 9.59 Å². The largest absolute Gasteiger partial charge is 0.349 e. The Morgan fingerprint density at radius 1 is 1.17 bits per heavy atom. The fourth-order valence-corrected chi connectivity index (χ4v) is 3.22. The van der Waals surface area contributed by atoms with Crippen LogP contribution in [-0.2, 0) is 17.8 Å². The summed E-state index contributed by atoms with van der Waals surface area (Å²) in [4.78, 5) is 31.2. The summed E-state index contributed by atoms with van der Waals surface area (Å²) in [5.41, 5.74) is 1.70. The second-order valence-electron chi connectivity index (χ2n) is 8.40. The number of carbonyl (C=O) groups is 2. The maximum absolute atomic E-state index is 12.8. The highest BCUT2D eigenvalue weighted by molar-refractivity contribution is 5.94. The zero-order valence-electron chi connectivity index (χ0n) is 17.1. The molecule has 4 rings (SSSR count). The highest BCUT2D eigenvalue weighted by atomic mass is 16.5. The standard InChI is InChI=1S/C22H28N4O3/c1-14(2)21-24-19(29-25-21)11-12-20(27)26(18-9-10-18)13-15-3-5-16(6-4-15)22(28)23-17-7-8-17/h3-6,14,17-18H,7-13H2,1-2H3,(H,23,28). The van der Waals surface area contributed by atoms with Crippen LogP contribution >= 0.6 is 0 Å². The van der Waals surface area contributed by atoms with E-state index in [1.807, 2.05) is 43.0 Å². The lowest BCUT2D eigenvalue weighted by Gasteiger charge is -2.22. The number of nitrogens with zero attached hydrogens (tertiary/aromatic N) is 3. The van der Waals surface area contributed by atoms with Gasteiger partial charge >= 0.3 is 0 Å². The van der Waals surface area contributed by atoms with Gasteiger partial charge in [-0.2, -0.15) is 4.98 Å². The number of benzene rings is 1. The van der Waals surface area contributed by atoms with Crippen molar-refractivity contribution < 1.29 is 14.1 Å². The molecule has 0 saturated heterocycles. The molecule has 7 nitrogen and oxygen atoms in total. The van der Waals surface area contributed by atoms with Gasteiger partial charge in [0.15, 0.2) is 5.82 Å². The van der Waals surface area contributed by atoms with Crippen molar-refractivity contribution in [1.82, 2.24) is 20.4 Å². The normalized spacial score (nSPS) is 16.1. The summed E-state index contributed by atoms with van der Waals surface area (Å²) in [7, 11) is 0. The number of aromatic nitrogens is 2. The van der Waals surface area contributed by atoms with Crippen molar-refractivity contribution in [3.05, 3.63) is 47.1 Å². The summed E-state index contributed by atoms with van der Waals surface area (Å²) in [5, 5.41) is 6.95. The van der Waals surface area contributed by atoms with Crippen molar-refractivity contribution in [3.8, 4) is 0 Å². The van der Waals surface area contributed by atoms with Crippen LogP contribution in [0.1, 0.15) is 79.5 Å². The van der Waals surface area contributed by atoms with Crippen LogP contribution in [0.3, 0.4) is 0 Å². The van der Waals surface area contributed by atoms with Crippen molar-refractivity contribution in [1.29, 1.82) is 0 Å². The van der Waals surface area contributed by atoms with Gasteiger partial charge in [0.2, 0.25) is 11.8 Å². The number of aryl methyl sites for hydroxylation is 1. The van der Waals surface area contributed by atoms with E-state index in [1.165, 1.54) is 0 Å². The Labute approximate surface area is 170 Å². The number of rotatable bonds is 9. The minimum atomic E-state index is -0.0190. The Balaban J connectivity index is 1.33. The van der Waals surface area contributed by atoms with E-state index in [1.54, 1.807) is 0 Å². The highest BCUT2D eigenvalue weighted by Gasteiger charge is 2.32. The van der Waals surface area contributed by atoms with Crippen LogP contribution in [0.2, 0.25) is 0 Å². The maximum Gasteiger partial charge on any atom is 0.251 e. The molecule has 29 heavy (non-hydrogen) atoms. The summed E-state index contributed by atoms with van der Waals surface area (Å²) in [6.07, 6.45) is 5.06. The molecule has 0 aliphatic heterocycles. The molecule has 2 fully saturated rings. The van der Waals surface area contributed by atoms with Gasteiger partial charge in [-0.25, -0.2) is 0 Å². The summed E-state index contributed by atoms with van der Waals surface area (Å²) in [6.45, 7) is 4.58. The van der Waals surface area contributed by atoms with Gasteiger partial charge < -0.3 is 14.7 Å². The Bertz CT molecular complexity index is 866. The van der Waals surface area contributed by atoms with Crippen molar-refractivity contribution in [3.63, 3.8) is 0 Å². The van der Waals surface area contributed by atoms with Gasteiger partial charge in [0, 0.05) is 43.0 Å². The van der Waals surface area contributed by atoms with Crippen LogP contribution in [0.4, 0.5) is 0 Å². The molecule has 0 radical (unpaired) electrons. The van der Waals surface area contributed by atoms with Gasteiger partial charge in [-0.1, -0.05) is 31.1 Å². The van der Waals surface area contributed by atoms with E-state index < -0.39 is 0 Å². The molecule has 2 saturated carbocycles. The molecule has 1 aromatic heterocycles. The highest BCUT2D eigenvalue weighted by Crippen LogP contribution is 2.29. The summed E-state index contributed by atoms with van der Waals surface area (Å²) >= 11 is 0. The molecule has 1 aromatic carbocycles. The van der Waals surface area contributed by atoms with Crippen LogP contribution in [-0.4, -0.2) is 38.9 Å². The lowest BCUT2D eigenvalue weighted by atomic mass is 10.1. The van der Waals surface area contributed by atoms with Crippen LogP contribution in [0, 0.1) is 0 Å². The summed E-state index contributed by atoms with van der Waals surface area (Å²) in [5.74, 6) is 1.49. The van der Waals surface area contributed by atoms with Gasteiger partial charge in [-0.05, 0) is 43.4 Å². The predicted molar refractivity (Wildman–Crippen MR) is 107 cm³/mol. The van der Waals surface area contributed by atoms with Gasteiger partial charge in [0.1, 0.15) is 0 Å². The number of hydrogen-bond donors (Lipinski definition) is 1. The second kappa shape index (κ2) is 8.35. The quantitative estimate of drug-likeness (QED) is 0.703. The Hall–Kier alpha value is -2.70. The Morgan fingerprint density at radius 3 is 2.48 bits per heavy atom. The average molecular weight is 396 g/mol. The lowest BCUT2D eigenvalue weighted by molar-refractivity contribution is -0.132. The number of hydrogen-bond acceptors (Lipinski definition) is 5. The van der Waals surface area contributed by atoms with Crippen molar-refractivity contribution in [2.24, 2.45) is 0 Å². The van der Waals surface area contributed by atoms with Crippen molar-refractivity contribution in [2.45, 2.75) is 76.9 Å². The smallest absolute Gasteiger partial charge is 0.251 e. The third kappa shape index (κ3) is 5.22. The number of amides is 2. The summed E-state index contributed by atoms with van der Waals surface area (Å²) < 4.78 is 5.25. The molecular weight excluding hydrogens is 368 g/mol. The van der Waals surface area contributed by atoms with Crippen molar-refractivity contribution >= 4 is 11.8 Å². The van der Waals surface area contributed by atoms with E-state index in [0.29, 0.717) is 48.7 Å². The Morgan fingerprint density at radius 2 is 1.90 bits per heavy atom. The zero-order chi connectivity index (χ0) is 20.4. The predicted octanol–water partition coefficient (Wildman–Crippen LogP) is 3.21. The van der Waals surface area contributed by atoms with Crippen molar-refractivity contribution in [2.75, 3.05) is 0 Å². The fraction of sp³-hybridized carbons (Fsp3) is 0.545. The Kier molecular flexibility index (Phi) is 5.65. The molecule has 0 unspecified atom stereocenters. The first-order valence-corrected chi connectivity index (χ1v) is 10.5. The van der Waals surface area contributed by atoms with Crippen LogP contribution < -0.4 is 5.32 Å². The van der Waals surface area contributed by atoms with E-state index >= 15 is 0 Å². The van der Waals surface area contributed by atoms with Crippen LogP contribution in [0.5, 0.6) is 0 Å². The first-order chi connectivity index (χ1) is 14.0. The summed E-state index contributed by atoms with van der Waals surface area (Å²) in [6, 6.07) is 8.23. The van der Waals surface area contributed by atoms with Gasteiger partial charge in [-0.15, -0.1) is 0 Å². The van der Waals surface area contributed by atoms with E-state index in [9.17, 15) is 9.59 Å². The lowest BCUT2D eigenvalue weighted by Crippen LogP contribution is -2.32. The molecule has 2 aliphatic carbocycles. The molecule has 2 aliphatic rings. The van der Waals surface area contributed by atoms with Gasteiger partial charge in [0.25, 0.3) is 5.91 Å². The maximum atomic E-state index is 12.8. The monoisotopic (exact) mass is 396 g/mol. The second-order valence-corrected chi connectivity index (χ2v) is 8.40. The molecule has 0 bridgehead atoms. The van der Waals surface area contributed by atoms with E-state index in [0.717, 1.165) is 31.2 Å². The van der Waals surface area contributed by atoms with E-state index in [-0.39, 0.29) is 17.7 Å². The SMILES string of the molecule is CC(C)c1noc(CCC(=O)N(Cc2ccc(C(=O)NC3CC3)cc2)C2CC2)n1. The number of nitrogens with one attached hydrogen (secondary N) is 1. The average Bonchev–Trinajstić information content (AvgIpc) is 3.64. The van der Waals surface area contributed by atoms with Crippen LogP contribution in [0.25, 0.3) is 0 Å². The van der Waals surface area contributed by atoms with Crippen LogP contribution in [0.15, 0.2) is 28.8 Å². The first kappa shape index (κ1) is 19.6. The van der Waals surface area contributed by atoms with E-state index in [4.69, 9.17) is 4.52 Å². The number of carbonyl (C=O) groups excluding carboxylic acids is 2. The molecule has 154 valence electrons. The third-order valence-electron chi connectivity index (χ3n) is 5.34. The first-order valence-electron chi connectivity index (χ1n) is 10.5. The van der Waals surface area contributed by atoms with E-state index in [2.05, 4.69) is 15.5 Å².